The van der Waals surface area contributed by atoms with Crippen molar-refractivity contribution in [2.45, 2.75) is 0 Å². The van der Waals surface area contributed by atoms with Gasteiger partial charge in [0, 0.05) is 36.4 Å². The highest BCUT2D eigenvalue weighted by molar-refractivity contribution is 7.07. The highest BCUT2D eigenvalue weighted by Gasteiger charge is 1.60. The maximum Gasteiger partial charge on any atom is 0.115 e. The average Bonchev–Trinajstić information content (AvgIpc) is 3.03. The van der Waals surface area contributed by atoms with Gasteiger partial charge in [-0.15, -0.1) is 11.3 Å². The standard InChI is InChI=1S/C5H5N.C4H4N2.C3H3NS/c1-2-4-6-5-3-1;1-2-5-4-6-3-1;1-2-5-3-4-1/h1-5H;1-4H;1-3H. The first-order valence-corrected chi connectivity index (χ1v) is 5.81. The van der Waals surface area contributed by atoms with E-state index in [0.717, 1.165) is 0 Å². The summed E-state index contributed by atoms with van der Waals surface area (Å²) in [6.45, 7) is 0. The first-order valence-electron chi connectivity index (χ1n) is 4.87. The van der Waals surface area contributed by atoms with Gasteiger partial charge in [-0.1, -0.05) is 6.07 Å². The SMILES string of the molecule is c1ccncc1.c1cncnc1.c1cscn1. The summed E-state index contributed by atoms with van der Waals surface area (Å²) in [5.74, 6) is 0. The number of thiazole rings is 1. The predicted molar refractivity (Wildman–Crippen MR) is 68.4 cm³/mol. The lowest BCUT2D eigenvalue weighted by Gasteiger charge is -1.70. The number of nitrogens with zero attached hydrogens (tertiary/aromatic N) is 4. The fourth-order valence-electron chi connectivity index (χ4n) is 0.742. The fourth-order valence-corrected chi connectivity index (χ4v) is 1.09. The Morgan fingerprint density at radius 3 is 1.47 bits per heavy atom. The quantitative estimate of drug-likeness (QED) is 0.610. The molecule has 0 saturated carbocycles. The monoisotopic (exact) mass is 244 g/mol. The van der Waals surface area contributed by atoms with Crippen LogP contribution in [0, 0.1) is 0 Å². The van der Waals surface area contributed by atoms with Gasteiger partial charge in [0.1, 0.15) is 6.33 Å². The van der Waals surface area contributed by atoms with Crippen molar-refractivity contribution in [2.75, 3.05) is 0 Å². The van der Waals surface area contributed by atoms with Gasteiger partial charge in [-0.3, -0.25) is 9.97 Å². The molecule has 4 nitrogen and oxygen atoms in total. The molecule has 3 rings (SSSR count). The van der Waals surface area contributed by atoms with Crippen molar-refractivity contribution in [1.82, 2.24) is 19.9 Å². The summed E-state index contributed by atoms with van der Waals surface area (Å²) in [6, 6.07) is 7.49. The van der Waals surface area contributed by atoms with Crippen molar-refractivity contribution in [3.63, 3.8) is 0 Å². The Hall–Kier alpha value is -2.14. The topological polar surface area (TPSA) is 51.6 Å². The van der Waals surface area contributed by atoms with Crippen LogP contribution in [0.5, 0.6) is 0 Å². The molecule has 0 N–H and O–H groups in total. The molecule has 0 unspecified atom stereocenters. The first-order chi connectivity index (χ1) is 8.50. The van der Waals surface area contributed by atoms with Crippen LogP contribution in [-0.4, -0.2) is 19.9 Å². The van der Waals surface area contributed by atoms with Gasteiger partial charge >= 0.3 is 0 Å². The average molecular weight is 244 g/mol. The van der Waals surface area contributed by atoms with Crippen LogP contribution in [0.15, 0.2) is 72.5 Å². The molecule has 0 atom stereocenters. The van der Waals surface area contributed by atoms with Crippen molar-refractivity contribution < 1.29 is 0 Å². The van der Waals surface area contributed by atoms with E-state index >= 15 is 0 Å². The Labute approximate surface area is 104 Å². The van der Waals surface area contributed by atoms with Crippen molar-refractivity contribution in [3.8, 4) is 0 Å². The summed E-state index contributed by atoms with van der Waals surface area (Å²) in [6.07, 6.45) is 10.1. The maximum atomic E-state index is 3.78. The minimum absolute atomic E-state index is 1.50. The molecule has 0 aliphatic heterocycles. The van der Waals surface area contributed by atoms with Crippen molar-refractivity contribution in [1.29, 1.82) is 0 Å². The molecule has 86 valence electrons. The molecule has 3 aromatic heterocycles. The van der Waals surface area contributed by atoms with Crippen LogP contribution >= 0.6 is 11.3 Å². The molecule has 0 spiro atoms. The van der Waals surface area contributed by atoms with E-state index in [1.165, 1.54) is 6.33 Å². The second kappa shape index (κ2) is 10.4. The number of aromatic nitrogens is 4. The van der Waals surface area contributed by atoms with E-state index in [1.807, 2.05) is 23.6 Å². The molecule has 0 amide bonds. The summed E-state index contributed by atoms with van der Waals surface area (Å²) in [4.78, 5) is 14.9. The van der Waals surface area contributed by atoms with Gasteiger partial charge in [0.2, 0.25) is 0 Å². The zero-order valence-corrected chi connectivity index (χ0v) is 9.94. The van der Waals surface area contributed by atoms with Gasteiger partial charge in [-0.2, -0.15) is 0 Å². The molecule has 0 bridgehead atoms. The van der Waals surface area contributed by atoms with Gasteiger partial charge in [0.15, 0.2) is 0 Å². The lowest BCUT2D eigenvalue weighted by atomic mass is 10.5. The van der Waals surface area contributed by atoms with E-state index in [0.29, 0.717) is 0 Å². The van der Waals surface area contributed by atoms with E-state index in [1.54, 1.807) is 53.9 Å². The number of hydrogen-bond acceptors (Lipinski definition) is 5. The molecule has 3 heterocycles. The van der Waals surface area contributed by atoms with Crippen LogP contribution in [0.4, 0.5) is 0 Å². The van der Waals surface area contributed by atoms with Crippen LogP contribution in [0.25, 0.3) is 0 Å². The third-order valence-corrected chi connectivity index (χ3v) is 1.91. The fraction of sp³-hybridized carbons (Fsp3) is 0. The third kappa shape index (κ3) is 8.83. The molecule has 0 saturated heterocycles. The second-order valence-electron chi connectivity index (χ2n) is 2.60. The summed E-state index contributed by atoms with van der Waals surface area (Å²) < 4.78 is 0. The largest absolute Gasteiger partial charge is 0.265 e. The summed E-state index contributed by atoms with van der Waals surface area (Å²) >= 11 is 1.60. The Morgan fingerprint density at radius 2 is 1.29 bits per heavy atom. The number of hydrogen-bond donors (Lipinski definition) is 0. The smallest absolute Gasteiger partial charge is 0.115 e. The normalized spacial score (nSPS) is 8.00. The van der Waals surface area contributed by atoms with Crippen LogP contribution in [0.3, 0.4) is 0 Å². The van der Waals surface area contributed by atoms with E-state index < -0.39 is 0 Å². The van der Waals surface area contributed by atoms with Gasteiger partial charge in [-0.05, 0) is 18.2 Å². The van der Waals surface area contributed by atoms with Gasteiger partial charge < -0.3 is 0 Å². The molecule has 5 heteroatoms. The van der Waals surface area contributed by atoms with Crippen molar-refractivity contribution >= 4 is 11.3 Å². The van der Waals surface area contributed by atoms with Crippen molar-refractivity contribution in [2.24, 2.45) is 0 Å². The number of pyridine rings is 1. The molecule has 0 aromatic carbocycles. The predicted octanol–water partition coefficient (Wildman–Crippen LogP) is 2.70. The molecule has 0 aliphatic carbocycles. The van der Waals surface area contributed by atoms with Crippen molar-refractivity contribution in [3.05, 3.63) is 72.5 Å². The van der Waals surface area contributed by atoms with E-state index in [4.69, 9.17) is 0 Å². The third-order valence-electron chi connectivity index (χ3n) is 1.39. The summed E-state index contributed by atoms with van der Waals surface area (Å²) in [5, 5.41) is 1.93. The van der Waals surface area contributed by atoms with Gasteiger partial charge in [-0.25, -0.2) is 9.97 Å². The first kappa shape index (κ1) is 12.9. The van der Waals surface area contributed by atoms with E-state index in [-0.39, 0.29) is 0 Å². The zero-order chi connectivity index (χ0) is 12.0. The van der Waals surface area contributed by atoms with Crippen LogP contribution < -0.4 is 0 Å². The molecular weight excluding hydrogens is 232 g/mol. The van der Waals surface area contributed by atoms with Gasteiger partial charge in [0.05, 0.1) is 5.51 Å². The highest BCUT2D eigenvalue weighted by atomic mass is 32.1. The lowest BCUT2D eigenvalue weighted by Crippen LogP contribution is -1.66. The van der Waals surface area contributed by atoms with Crippen LogP contribution in [0.2, 0.25) is 0 Å². The maximum absolute atomic E-state index is 3.78. The Morgan fingerprint density at radius 1 is 0.588 bits per heavy atom. The van der Waals surface area contributed by atoms with E-state index in [9.17, 15) is 0 Å². The molecule has 3 aromatic rings. The summed E-state index contributed by atoms with van der Waals surface area (Å²) in [5.41, 5.74) is 1.79. The lowest BCUT2D eigenvalue weighted by molar-refractivity contribution is 1.17. The van der Waals surface area contributed by atoms with Gasteiger partial charge in [0.25, 0.3) is 0 Å². The molecule has 0 radical (unpaired) electrons. The molecule has 0 aliphatic rings. The minimum Gasteiger partial charge on any atom is -0.265 e. The molecule has 0 fully saturated rings. The minimum atomic E-state index is 1.50. The number of rotatable bonds is 0. The molecular formula is C12H12N4S. The Kier molecular flexibility index (Phi) is 7.89. The van der Waals surface area contributed by atoms with Crippen LogP contribution in [-0.2, 0) is 0 Å². The second-order valence-corrected chi connectivity index (χ2v) is 3.36. The molecule has 17 heavy (non-hydrogen) atoms. The summed E-state index contributed by atoms with van der Waals surface area (Å²) in [7, 11) is 0. The zero-order valence-electron chi connectivity index (χ0n) is 9.13. The Bertz CT molecular complexity index is 328. The highest BCUT2D eigenvalue weighted by Crippen LogP contribution is 1.85. The Balaban J connectivity index is 0.000000128. The van der Waals surface area contributed by atoms with Crippen LogP contribution in [0.1, 0.15) is 0 Å². The van der Waals surface area contributed by atoms with E-state index in [2.05, 4.69) is 19.9 Å².